The molecule has 0 heterocycles. The molecule has 2 aromatic rings. The Bertz CT molecular complexity index is 596. The summed E-state index contributed by atoms with van der Waals surface area (Å²) in [5, 5.41) is 4.98. The summed E-state index contributed by atoms with van der Waals surface area (Å²) >= 11 is 12.3. The molecule has 0 aliphatic heterocycles. The van der Waals surface area contributed by atoms with E-state index in [9.17, 15) is 0 Å². The van der Waals surface area contributed by atoms with E-state index in [2.05, 4.69) is 43.4 Å². The van der Waals surface area contributed by atoms with E-state index >= 15 is 0 Å². The van der Waals surface area contributed by atoms with Crippen molar-refractivity contribution in [3.8, 4) is 0 Å². The molecule has 3 heteroatoms. The van der Waals surface area contributed by atoms with Crippen LogP contribution in [-0.2, 0) is 12.8 Å². The summed E-state index contributed by atoms with van der Waals surface area (Å²) in [6.45, 7) is 5.20. The minimum atomic E-state index is 0.371. The Morgan fingerprint density at radius 1 is 1.05 bits per heavy atom. The van der Waals surface area contributed by atoms with Crippen molar-refractivity contribution in [2.45, 2.75) is 32.7 Å². The Morgan fingerprint density at radius 3 is 2.52 bits per heavy atom. The second-order valence-corrected chi connectivity index (χ2v) is 6.23. The molecule has 0 radical (unpaired) electrons. The first-order valence-electron chi connectivity index (χ1n) is 7.31. The summed E-state index contributed by atoms with van der Waals surface area (Å²) in [5.74, 6) is 0. The summed E-state index contributed by atoms with van der Waals surface area (Å²) in [6, 6.07) is 14.8. The van der Waals surface area contributed by atoms with Crippen LogP contribution in [-0.4, -0.2) is 12.6 Å². The maximum atomic E-state index is 6.29. The van der Waals surface area contributed by atoms with Crippen molar-refractivity contribution in [2.75, 3.05) is 6.54 Å². The fourth-order valence-electron chi connectivity index (χ4n) is 2.58. The molecule has 2 aromatic carbocycles. The van der Waals surface area contributed by atoms with Crippen LogP contribution in [0.3, 0.4) is 0 Å². The van der Waals surface area contributed by atoms with Crippen LogP contribution >= 0.6 is 23.2 Å². The molecule has 112 valence electrons. The van der Waals surface area contributed by atoms with Gasteiger partial charge in [0.25, 0.3) is 0 Å². The van der Waals surface area contributed by atoms with Crippen molar-refractivity contribution in [3.05, 3.63) is 69.2 Å². The Morgan fingerprint density at radius 2 is 1.86 bits per heavy atom. The van der Waals surface area contributed by atoms with Crippen molar-refractivity contribution < 1.29 is 0 Å². The zero-order valence-corrected chi connectivity index (χ0v) is 14.0. The lowest BCUT2D eigenvalue weighted by Gasteiger charge is -2.19. The highest BCUT2D eigenvalue weighted by molar-refractivity contribution is 6.35. The molecule has 21 heavy (non-hydrogen) atoms. The smallest absolute Gasteiger partial charge is 0.0453 e. The van der Waals surface area contributed by atoms with E-state index in [1.54, 1.807) is 0 Å². The van der Waals surface area contributed by atoms with Gasteiger partial charge in [-0.05, 0) is 49.6 Å². The fourth-order valence-corrected chi connectivity index (χ4v) is 3.07. The van der Waals surface area contributed by atoms with Gasteiger partial charge in [0.1, 0.15) is 0 Å². The SMILES string of the molecule is CCNC(Cc1cccc(C)c1)Cc1ccc(Cl)cc1Cl. The van der Waals surface area contributed by atoms with Crippen LogP contribution in [0, 0.1) is 6.92 Å². The molecular weight excluding hydrogens is 301 g/mol. The molecule has 0 saturated heterocycles. The van der Waals surface area contributed by atoms with Gasteiger partial charge in [0.05, 0.1) is 0 Å². The largest absolute Gasteiger partial charge is 0.314 e. The molecule has 1 N–H and O–H groups in total. The second-order valence-electron chi connectivity index (χ2n) is 5.39. The normalized spacial score (nSPS) is 12.4. The van der Waals surface area contributed by atoms with Crippen LogP contribution in [0.2, 0.25) is 10.0 Å². The number of halogens is 2. The van der Waals surface area contributed by atoms with Crippen molar-refractivity contribution in [1.29, 1.82) is 0 Å². The van der Waals surface area contributed by atoms with E-state index in [0.29, 0.717) is 11.1 Å². The fraction of sp³-hybridized carbons (Fsp3) is 0.333. The van der Waals surface area contributed by atoms with E-state index in [1.165, 1.54) is 11.1 Å². The number of nitrogens with one attached hydrogen (secondary N) is 1. The predicted octanol–water partition coefficient (Wildman–Crippen LogP) is 5.07. The van der Waals surface area contributed by atoms with Crippen LogP contribution < -0.4 is 5.32 Å². The van der Waals surface area contributed by atoms with Gasteiger partial charge in [-0.25, -0.2) is 0 Å². The maximum absolute atomic E-state index is 6.29. The van der Waals surface area contributed by atoms with Crippen LogP contribution in [0.25, 0.3) is 0 Å². The first kappa shape index (κ1) is 16.4. The third kappa shape index (κ3) is 5.03. The summed E-state index contributed by atoms with van der Waals surface area (Å²) < 4.78 is 0. The Kier molecular flexibility index (Phi) is 6.10. The van der Waals surface area contributed by atoms with E-state index in [1.807, 2.05) is 18.2 Å². The molecule has 0 fully saturated rings. The summed E-state index contributed by atoms with van der Waals surface area (Å²) in [7, 11) is 0. The van der Waals surface area contributed by atoms with Gasteiger partial charge in [-0.15, -0.1) is 0 Å². The highest BCUT2D eigenvalue weighted by Crippen LogP contribution is 2.23. The van der Waals surface area contributed by atoms with Gasteiger partial charge in [-0.1, -0.05) is 66.0 Å². The van der Waals surface area contributed by atoms with Gasteiger partial charge < -0.3 is 5.32 Å². The average Bonchev–Trinajstić information content (AvgIpc) is 2.42. The highest BCUT2D eigenvalue weighted by atomic mass is 35.5. The standard InChI is InChI=1S/C18H21Cl2N/c1-3-21-17(10-14-6-4-5-13(2)9-14)11-15-7-8-16(19)12-18(15)20/h4-9,12,17,21H,3,10-11H2,1-2H3. The molecular formula is C18H21Cl2N. The third-order valence-corrected chi connectivity index (χ3v) is 4.13. The monoisotopic (exact) mass is 321 g/mol. The van der Waals surface area contributed by atoms with Crippen LogP contribution in [0.15, 0.2) is 42.5 Å². The highest BCUT2D eigenvalue weighted by Gasteiger charge is 2.12. The Balaban J connectivity index is 2.11. The summed E-state index contributed by atoms with van der Waals surface area (Å²) in [5.41, 5.74) is 3.79. The molecule has 0 bridgehead atoms. The molecule has 1 unspecified atom stereocenters. The van der Waals surface area contributed by atoms with Crippen LogP contribution in [0.4, 0.5) is 0 Å². The molecule has 0 aliphatic carbocycles. The van der Waals surface area contributed by atoms with E-state index in [0.717, 1.165) is 30.0 Å². The van der Waals surface area contributed by atoms with Gasteiger partial charge in [-0.3, -0.25) is 0 Å². The molecule has 1 nitrogen and oxygen atoms in total. The zero-order valence-electron chi connectivity index (χ0n) is 12.5. The number of likely N-dealkylation sites (N-methyl/N-ethyl adjacent to an activating group) is 1. The predicted molar refractivity (Wildman–Crippen MR) is 92.5 cm³/mol. The number of rotatable bonds is 6. The van der Waals surface area contributed by atoms with Crippen LogP contribution in [0.1, 0.15) is 23.6 Å². The van der Waals surface area contributed by atoms with Crippen molar-refractivity contribution in [2.24, 2.45) is 0 Å². The van der Waals surface area contributed by atoms with Crippen LogP contribution in [0.5, 0.6) is 0 Å². The zero-order chi connectivity index (χ0) is 15.2. The molecule has 0 aromatic heterocycles. The van der Waals surface area contributed by atoms with Gasteiger partial charge in [0, 0.05) is 16.1 Å². The topological polar surface area (TPSA) is 12.0 Å². The lowest BCUT2D eigenvalue weighted by atomic mass is 9.98. The maximum Gasteiger partial charge on any atom is 0.0453 e. The van der Waals surface area contributed by atoms with E-state index < -0.39 is 0 Å². The third-order valence-electron chi connectivity index (χ3n) is 3.54. The van der Waals surface area contributed by atoms with Gasteiger partial charge in [-0.2, -0.15) is 0 Å². The summed E-state index contributed by atoms with van der Waals surface area (Å²) in [6.07, 6.45) is 1.90. The quantitative estimate of drug-likeness (QED) is 0.783. The molecule has 0 amide bonds. The molecule has 1 atom stereocenters. The van der Waals surface area contributed by atoms with Crippen molar-refractivity contribution in [1.82, 2.24) is 5.32 Å². The van der Waals surface area contributed by atoms with Crippen molar-refractivity contribution >= 4 is 23.2 Å². The van der Waals surface area contributed by atoms with Gasteiger partial charge in [0.15, 0.2) is 0 Å². The molecule has 2 rings (SSSR count). The second kappa shape index (κ2) is 7.84. The lowest BCUT2D eigenvalue weighted by molar-refractivity contribution is 0.521. The first-order chi connectivity index (χ1) is 10.1. The Labute approximate surface area is 137 Å². The first-order valence-corrected chi connectivity index (χ1v) is 8.07. The molecule has 0 saturated carbocycles. The van der Waals surface area contributed by atoms with Gasteiger partial charge in [0.2, 0.25) is 0 Å². The molecule has 0 aliphatic rings. The number of hydrogen-bond acceptors (Lipinski definition) is 1. The van der Waals surface area contributed by atoms with E-state index in [4.69, 9.17) is 23.2 Å². The number of aryl methyl sites for hydroxylation is 1. The Hall–Kier alpha value is -1.02. The number of benzene rings is 2. The van der Waals surface area contributed by atoms with Gasteiger partial charge >= 0.3 is 0 Å². The number of hydrogen-bond donors (Lipinski definition) is 1. The summed E-state index contributed by atoms with van der Waals surface area (Å²) in [4.78, 5) is 0. The molecule has 0 spiro atoms. The van der Waals surface area contributed by atoms with Crippen molar-refractivity contribution in [3.63, 3.8) is 0 Å². The lowest BCUT2D eigenvalue weighted by Crippen LogP contribution is -2.33. The minimum absolute atomic E-state index is 0.371. The van der Waals surface area contributed by atoms with E-state index in [-0.39, 0.29) is 0 Å². The minimum Gasteiger partial charge on any atom is -0.314 e. The average molecular weight is 322 g/mol.